The third kappa shape index (κ3) is 3.05. The van der Waals surface area contributed by atoms with E-state index in [1.807, 2.05) is 12.3 Å². The summed E-state index contributed by atoms with van der Waals surface area (Å²) in [7, 11) is 0. The van der Waals surface area contributed by atoms with E-state index in [9.17, 15) is 4.39 Å². The first-order chi connectivity index (χ1) is 10.7. The largest absolute Gasteiger partial charge is 0.327 e. The molecule has 0 spiro atoms. The van der Waals surface area contributed by atoms with Gasteiger partial charge in [-0.15, -0.1) is 6.58 Å². The summed E-state index contributed by atoms with van der Waals surface area (Å²) in [5.41, 5.74) is 8.34. The molecule has 0 aliphatic heterocycles. The maximum Gasteiger partial charge on any atom is 0.123 e. The number of nitrogens with zero attached hydrogens (tertiary/aromatic N) is 1. The smallest absolute Gasteiger partial charge is 0.123 e. The molecule has 0 bridgehead atoms. The molecule has 1 aromatic heterocycles. The number of halogens is 1. The van der Waals surface area contributed by atoms with Gasteiger partial charge in [0.25, 0.3) is 0 Å². The molecule has 0 unspecified atom stereocenters. The second kappa shape index (κ2) is 6.57. The number of fused-ring (bicyclic) bond motifs is 1. The molecule has 2 aromatic rings. The Hall–Kier alpha value is -1.74. The van der Waals surface area contributed by atoms with E-state index in [4.69, 9.17) is 5.73 Å². The van der Waals surface area contributed by atoms with Crippen molar-refractivity contribution in [1.29, 1.82) is 0 Å². The summed E-state index contributed by atoms with van der Waals surface area (Å²) in [4.78, 5) is 4.35. The van der Waals surface area contributed by atoms with Crippen LogP contribution in [0.25, 0.3) is 10.9 Å². The lowest BCUT2D eigenvalue weighted by atomic mass is 9.75. The molecule has 0 amide bonds. The van der Waals surface area contributed by atoms with Crippen LogP contribution in [0.2, 0.25) is 0 Å². The van der Waals surface area contributed by atoms with Gasteiger partial charge in [0.1, 0.15) is 5.82 Å². The fourth-order valence-electron chi connectivity index (χ4n) is 3.74. The summed E-state index contributed by atoms with van der Waals surface area (Å²) >= 11 is 0. The SMILES string of the molecule is C=CC[C@@H](N)C1CCC(c2ccnc3ccc(F)cc23)CC1. The van der Waals surface area contributed by atoms with Crippen LogP contribution in [0, 0.1) is 11.7 Å². The first-order valence-corrected chi connectivity index (χ1v) is 8.09. The summed E-state index contributed by atoms with van der Waals surface area (Å²) in [6, 6.07) is 7.14. The fraction of sp³-hybridized carbons (Fsp3) is 0.421. The molecule has 1 atom stereocenters. The Labute approximate surface area is 131 Å². The molecule has 3 rings (SSSR count). The second-order valence-corrected chi connectivity index (χ2v) is 6.36. The van der Waals surface area contributed by atoms with Gasteiger partial charge in [0.2, 0.25) is 0 Å². The Morgan fingerprint density at radius 2 is 2.05 bits per heavy atom. The highest BCUT2D eigenvalue weighted by Gasteiger charge is 2.26. The van der Waals surface area contributed by atoms with Gasteiger partial charge in [0.05, 0.1) is 5.52 Å². The normalized spacial score (nSPS) is 23.4. The quantitative estimate of drug-likeness (QED) is 0.841. The van der Waals surface area contributed by atoms with Crippen molar-refractivity contribution in [3.8, 4) is 0 Å². The van der Waals surface area contributed by atoms with Gasteiger partial charge in [-0.25, -0.2) is 4.39 Å². The zero-order valence-electron chi connectivity index (χ0n) is 12.8. The van der Waals surface area contributed by atoms with Crippen molar-refractivity contribution in [2.75, 3.05) is 0 Å². The molecule has 1 aliphatic rings. The van der Waals surface area contributed by atoms with Crippen LogP contribution in [-0.2, 0) is 0 Å². The third-order valence-electron chi connectivity index (χ3n) is 4.99. The van der Waals surface area contributed by atoms with Crippen LogP contribution >= 0.6 is 0 Å². The van der Waals surface area contributed by atoms with Crippen molar-refractivity contribution in [3.63, 3.8) is 0 Å². The first-order valence-electron chi connectivity index (χ1n) is 8.09. The molecule has 3 heteroatoms. The van der Waals surface area contributed by atoms with E-state index in [0.29, 0.717) is 11.8 Å². The van der Waals surface area contributed by atoms with E-state index < -0.39 is 0 Å². The zero-order valence-corrected chi connectivity index (χ0v) is 12.8. The zero-order chi connectivity index (χ0) is 15.5. The molecular formula is C19H23FN2. The molecule has 1 aliphatic carbocycles. The van der Waals surface area contributed by atoms with Crippen molar-refractivity contribution in [2.24, 2.45) is 11.7 Å². The standard InChI is InChI=1S/C19H23FN2/c1-2-3-18(21)14-6-4-13(5-7-14)16-10-11-22-19-9-8-15(20)12-17(16)19/h2,8-14,18H,1,3-7,21H2/t13?,14?,18-/m1/s1. The number of benzene rings is 1. The minimum atomic E-state index is -0.191. The van der Waals surface area contributed by atoms with Gasteiger partial charge in [-0.2, -0.15) is 0 Å². The summed E-state index contributed by atoms with van der Waals surface area (Å²) < 4.78 is 13.6. The Bertz CT molecular complexity index is 660. The summed E-state index contributed by atoms with van der Waals surface area (Å²) in [6.45, 7) is 3.78. The number of rotatable bonds is 4. The van der Waals surface area contributed by atoms with Crippen LogP contribution in [-0.4, -0.2) is 11.0 Å². The summed E-state index contributed by atoms with van der Waals surface area (Å²) in [5.74, 6) is 0.877. The Morgan fingerprint density at radius 3 is 2.77 bits per heavy atom. The molecular weight excluding hydrogens is 275 g/mol. The average Bonchev–Trinajstić information content (AvgIpc) is 2.54. The van der Waals surface area contributed by atoms with Crippen LogP contribution in [0.15, 0.2) is 43.1 Å². The maximum atomic E-state index is 13.6. The minimum absolute atomic E-state index is 0.191. The number of nitrogens with two attached hydrogens (primary N) is 1. The maximum absolute atomic E-state index is 13.6. The van der Waals surface area contributed by atoms with E-state index in [-0.39, 0.29) is 11.9 Å². The predicted octanol–water partition coefficient (Wildman–Crippen LogP) is 4.55. The monoisotopic (exact) mass is 298 g/mol. The van der Waals surface area contributed by atoms with Crippen molar-refractivity contribution < 1.29 is 4.39 Å². The van der Waals surface area contributed by atoms with Crippen molar-refractivity contribution in [3.05, 3.63) is 54.5 Å². The van der Waals surface area contributed by atoms with Crippen LogP contribution in [0.5, 0.6) is 0 Å². The van der Waals surface area contributed by atoms with Crippen molar-refractivity contribution >= 4 is 10.9 Å². The van der Waals surface area contributed by atoms with Crippen LogP contribution in [0.1, 0.15) is 43.6 Å². The van der Waals surface area contributed by atoms with Crippen LogP contribution in [0.4, 0.5) is 4.39 Å². The van der Waals surface area contributed by atoms with Crippen molar-refractivity contribution in [2.45, 2.75) is 44.1 Å². The molecule has 116 valence electrons. The van der Waals surface area contributed by atoms with E-state index in [2.05, 4.69) is 17.6 Å². The van der Waals surface area contributed by atoms with E-state index >= 15 is 0 Å². The number of hydrogen-bond donors (Lipinski definition) is 1. The number of pyridine rings is 1. The van der Waals surface area contributed by atoms with Gasteiger partial charge in [-0.3, -0.25) is 4.98 Å². The Balaban J connectivity index is 1.79. The molecule has 22 heavy (non-hydrogen) atoms. The Morgan fingerprint density at radius 1 is 1.27 bits per heavy atom. The highest BCUT2D eigenvalue weighted by atomic mass is 19.1. The van der Waals surface area contributed by atoms with Gasteiger partial charge in [-0.05, 0) is 73.8 Å². The number of aromatic nitrogens is 1. The molecule has 1 saturated carbocycles. The lowest BCUT2D eigenvalue weighted by Crippen LogP contribution is -2.32. The molecule has 2 N–H and O–H groups in total. The van der Waals surface area contributed by atoms with E-state index in [1.165, 1.54) is 11.6 Å². The molecule has 1 aromatic carbocycles. The molecule has 0 saturated heterocycles. The second-order valence-electron chi connectivity index (χ2n) is 6.36. The fourth-order valence-corrected chi connectivity index (χ4v) is 3.74. The highest BCUT2D eigenvalue weighted by Crippen LogP contribution is 2.39. The van der Waals surface area contributed by atoms with Gasteiger partial charge in [0, 0.05) is 17.6 Å². The molecule has 2 nitrogen and oxygen atoms in total. The van der Waals surface area contributed by atoms with Crippen LogP contribution < -0.4 is 5.73 Å². The van der Waals surface area contributed by atoms with Gasteiger partial charge >= 0.3 is 0 Å². The first kappa shape index (κ1) is 15.2. The Kier molecular flexibility index (Phi) is 4.53. The third-order valence-corrected chi connectivity index (χ3v) is 4.99. The van der Waals surface area contributed by atoms with Crippen molar-refractivity contribution in [1.82, 2.24) is 4.98 Å². The highest BCUT2D eigenvalue weighted by molar-refractivity contribution is 5.82. The van der Waals surface area contributed by atoms with E-state index in [1.54, 1.807) is 12.1 Å². The summed E-state index contributed by atoms with van der Waals surface area (Å²) in [5, 5.41) is 0.960. The lowest BCUT2D eigenvalue weighted by molar-refractivity contribution is 0.283. The molecule has 1 heterocycles. The van der Waals surface area contributed by atoms with Crippen LogP contribution in [0.3, 0.4) is 0 Å². The van der Waals surface area contributed by atoms with Gasteiger partial charge in [-0.1, -0.05) is 6.08 Å². The molecule has 0 radical (unpaired) electrons. The summed E-state index contributed by atoms with van der Waals surface area (Å²) in [6.07, 6.45) is 9.15. The van der Waals surface area contributed by atoms with E-state index in [0.717, 1.165) is 43.0 Å². The minimum Gasteiger partial charge on any atom is -0.327 e. The van der Waals surface area contributed by atoms with Gasteiger partial charge in [0.15, 0.2) is 0 Å². The topological polar surface area (TPSA) is 38.9 Å². The predicted molar refractivity (Wildman–Crippen MR) is 89.2 cm³/mol. The number of hydrogen-bond acceptors (Lipinski definition) is 2. The molecule has 1 fully saturated rings. The van der Waals surface area contributed by atoms with Gasteiger partial charge < -0.3 is 5.73 Å². The average molecular weight is 298 g/mol. The lowest BCUT2D eigenvalue weighted by Gasteiger charge is -2.32.